The zero-order valence-electron chi connectivity index (χ0n) is 12.6. The summed E-state index contributed by atoms with van der Waals surface area (Å²) < 4.78 is 0. The van der Waals surface area contributed by atoms with Gasteiger partial charge >= 0.3 is 0 Å². The Kier molecular flexibility index (Phi) is 4.79. The van der Waals surface area contributed by atoms with Crippen molar-refractivity contribution in [1.82, 2.24) is 10.3 Å². The van der Waals surface area contributed by atoms with Gasteiger partial charge < -0.3 is 16.0 Å². The van der Waals surface area contributed by atoms with Crippen molar-refractivity contribution in [3.8, 4) is 0 Å². The summed E-state index contributed by atoms with van der Waals surface area (Å²) >= 11 is 1.33. The maximum Gasteiger partial charge on any atom is 0.265 e. The number of hydrogen-bond donors (Lipinski definition) is 2. The number of nitrogens with zero attached hydrogens (tertiary/aromatic N) is 2. The molecule has 0 bridgehead atoms. The van der Waals surface area contributed by atoms with Crippen LogP contribution in [0.4, 0.5) is 10.9 Å². The van der Waals surface area contributed by atoms with E-state index in [1.165, 1.54) is 11.3 Å². The molecule has 0 aliphatic heterocycles. The van der Waals surface area contributed by atoms with Crippen molar-refractivity contribution in [2.45, 2.75) is 40.7 Å². The molecule has 1 amide bonds. The van der Waals surface area contributed by atoms with E-state index in [2.05, 4.69) is 31.1 Å². The number of carbonyl (C=O) groups excluding carboxylic acids is 1. The maximum atomic E-state index is 12.2. The number of nitrogens with one attached hydrogen (secondary N) is 1. The molecule has 0 saturated carbocycles. The molecule has 1 rings (SSSR count). The minimum Gasteiger partial charge on any atom is -0.382 e. The molecule has 6 heteroatoms. The normalized spacial score (nSPS) is 13.2. The smallest absolute Gasteiger partial charge is 0.265 e. The molecular formula is C13H24N4OS. The summed E-state index contributed by atoms with van der Waals surface area (Å²) in [6, 6.07) is 0.0638. The average Bonchev–Trinajstić information content (AvgIpc) is 2.69. The molecule has 108 valence electrons. The fraction of sp³-hybridized carbons (Fsp3) is 0.692. The fourth-order valence-corrected chi connectivity index (χ4v) is 2.17. The van der Waals surface area contributed by atoms with Crippen molar-refractivity contribution >= 4 is 28.2 Å². The molecule has 19 heavy (non-hydrogen) atoms. The zero-order chi connectivity index (χ0) is 14.8. The summed E-state index contributed by atoms with van der Waals surface area (Å²) in [5.41, 5.74) is 5.84. The number of rotatable bonds is 4. The molecule has 0 saturated heterocycles. The third-order valence-electron chi connectivity index (χ3n) is 3.30. The third-order valence-corrected chi connectivity index (χ3v) is 4.48. The number of thiazole rings is 1. The van der Waals surface area contributed by atoms with E-state index in [4.69, 9.17) is 5.73 Å². The largest absolute Gasteiger partial charge is 0.382 e. The van der Waals surface area contributed by atoms with Gasteiger partial charge in [-0.25, -0.2) is 4.98 Å². The maximum absolute atomic E-state index is 12.2. The van der Waals surface area contributed by atoms with Crippen LogP contribution in [0, 0.1) is 5.41 Å². The molecule has 1 unspecified atom stereocenters. The van der Waals surface area contributed by atoms with E-state index >= 15 is 0 Å². The predicted octanol–water partition coefficient (Wildman–Crippen LogP) is 2.35. The Bertz CT molecular complexity index is 450. The Morgan fingerprint density at radius 1 is 1.53 bits per heavy atom. The van der Waals surface area contributed by atoms with Gasteiger partial charge in [-0.15, -0.1) is 0 Å². The molecule has 3 N–H and O–H groups in total. The molecule has 0 aliphatic carbocycles. The molecule has 0 aliphatic rings. The fourth-order valence-electron chi connectivity index (χ4n) is 1.26. The highest BCUT2D eigenvalue weighted by Gasteiger charge is 2.25. The highest BCUT2D eigenvalue weighted by molar-refractivity contribution is 7.18. The molecule has 1 aromatic heterocycles. The second-order valence-electron chi connectivity index (χ2n) is 5.79. The number of nitrogens with two attached hydrogens (primary N) is 1. The summed E-state index contributed by atoms with van der Waals surface area (Å²) in [6.07, 6.45) is 0. The van der Waals surface area contributed by atoms with Crippen LogP contribution in [0.25, 0.3) is 0 Å². The van der Waals surface area contributed by atoms with E-state index in [0.29, 0.717) is 10.7 Å². The summed E-state index contributed by atoms with van der Waals surface area (Å²) in [5.74, 6) is 0.159. The SMILES string of the molecule is CCN(C)c1nc(N)c(C(=O)NC(C)C(C)(C)C)s1. The van der Waals surface area contributed by atoms with Crippen LogP contribution in [-0.2, 0) is 0 Å². The van der Waals surface area contributed by atoms with E-state index in [9.17, 15) is 4.79 Å². The van der Waals surface area contributed by atoms with Crippen molar-refractivity contribution in [2.24, 2.45) is 5.41 Å². The summed E-state index contributed by atoms with van der Waals surface area (Å²) in [4.78, 5) is 18.9. The van der Waals surface area contributed by atoms with Crippen molar-refractivity contribution in [2.75, 3.05) is 24.2 Å². The first-order chi connectivity index (χ1) is 8.66. The molecule has 1 atom stereocenters. The van der Waals surface area contributed by atoms with Gasteiger partial charge in [-0.2, -0.15) is 0 Å². The Morgan fingerprint density at radius 3 is 2.58 bits per heavy atom. The minimum absolute atomic E-state index is 0.0121. The van der Waals surface area contributed by atoms with Gasteiger partial charge in [-0.05, 0) is 19.3 Å². The molecule has 1 aromatic rings. The highest BCUT2D eigenvalue weighted by Crippen LogP contribution is 2.28. The number of amides is 1. The van der Waals surface area contributed by atoms with Crippen molar-refractivity contribution < 1.29 is 4.79 Å². The topological polar surface area (TPSA) is 71.2 Å². The van der Waals surface area contributed by atoms with Gasteiger partial charge in [0.05, 0.1) is 0 Å². The zero-order valence-corrected chi connectivity index (χ0v) is 13.4. The lowest BCUT2D eigenvalue weighted by molar-refractivity contribution is 0.0915. The first-order valence-corrected chi connectivity index (χ1v) is 7.26. The molecule has 0 fully saturated rings. The quantitative estimate of drug-likeness (QED) is 0.890. The Balaban J connectivity index is 2.86. The van der Waals surface area contributed by atoms with Gasteiger partial charge in [-0.1, -0.05) is 32.1 Å². The van der Waals surface area contributed by atoms with Crippen LogP contribution in [0.1, 0.15) is 44.3 Å². The van der Waals surface area contributed by atoms with E-state index in [1.807, 2.05) is 25.8 Å². The Morgan fingerprint density at radius 2 is 2.11 bits per heavy atom. The van der Waals surface area contributed by atoms with Crippen LogP contribution in [-0.4, -0.2) is 30.5 Å². The number of anilines is 2. The average molecular weight is 284 g/mol. The minimum atomic E-state index is -0.145. The van der Waals surface area contributed by atoms with Crippen LogP contribution in [0.5, 0.6) is 0 Å². The molecule has 5 nitrogen and oxygen atoms in total. The van der Waals surface area contributed by atoms with E-state index < -0.39 is 0 Å². The highest BCUT2D eigenvalue weighted by atomic mass is 32.1. The van der Waals surface area contributed by atoms with Crippen LogP contribution in [0.3, 0.4) is 0 Å². The summed E-state index contributed by atoms with van der Waals surface area (Å²) in [6.45, 7) is 11.1. The Labute approximate surface area is 119 Å². The van der Waals surface area contributed by atoms with Crippen LogP contribution >= 0.6 is 11.3 Å². The van der Waals surface area contributed by atoms with E-state index in [-0.39, 0.29) is 17.4 Å². The standard InChI is InChI=1S/C13H24N4OS/c1-7-17(6)12-16-10(14)9(19-12)11(18)15-8(2)13(3,4)5/h8H,7,14H2,1-6H3,(H,15,18). The van der Waals surface area contributed by atoms with E-state index in [0.717, 1.165) is 11.7 Å². The molecule has 0 spiro atoms. The second kappa shape index (κ2) is 5.77. The van der Waals surface area contributed by atoms with Crippen LogP contribution < -0.4 is 16.0 Å². The summed E-state index contributed by atoms with van der Waals surface area (Å²) in [7, 11) is 1.93. The van der Waals surface area contributed by atoms with Gasteiger partial charge in [0.1, 0.15) is 10.7 Å². The predicted molar refractivity (Wildman–Crippen MR) is 81.9 cm³/mol. The van der Waals surface area contributed by atoms with Crippen LogP contribution in [0.15, 0.2) is 0 Å². The second-order valence-corrected chi connectivity index (χ2v) is 6.76. The lowest BCUT2D eigenvalue weighted by atomic mass is 9.88. The first-order valence-electron chi connectivity index (χ1n) is 6.45. The number of aromatic nitrogens is 1. The van der Waals surface area contributed by atoms with Crippen molar-refractivity contribution in [3.63, 3.8) is 0 Å². The van der Waals surface area contributed by atoms with Gasteiger partial charge in [0.2, 0.25) is 0 Å². The van der Waals surface area contributed by atoms with Gasteiger partial charge in [0.25, 0.3) is 5.91 Å². The molecule has 0 radical (unpaired) electrons. The summed E-state index contributed by atoms with van der Waals surface area (Å²) in [5, 5.41) is 3.75. The number of hydrogen-bond acceptors (Lipinski definition) is 5. The van der Waals surface area contributed by atoms with Crippen molar-refractivity contribution in [3.05, 3.63) is 4.88 Å². The number of carbonyl (C=O) groups is 1. The lowest BCUT2D eigenvalue weighted by Crippen LogP contribution is -2.41. The van der Waals surface area contributed by atoms with Crippen LogP contribution in [0.2, 0.25) is 0 Å². The van der Waals surface area contributed by atoms with Gasteiger partial charge in [-0.3, -0.25) is 4.79 Å². The molecule has 1 heterocycles. The lowest BCUT2D eigenvalue weighted by Gasteiger charge is -2.27. The van der Waals surface area contributed by atoms with Crippen molar-refractivity contribution in [1.29, 1.82) is 0 Å². The molecule has 0 aromatic carbocycles. The van der Waals surface area contributed by atoms with E-state index in [1.54, 1.807) is 0 Å². The molecular weight excluding hydrogens is 260 g/mol. The Hall–Kier alpha value is -1.30. The van der Waals surface area contributed by atoms with Gasteiger partial charge in [0.15, 0.2) is 5.13 Å². The third kappa shape index (κ3) is 3.83. The number of nitrogen functional groups attached to an aromatic ring is 1. The monoisotopic (exact) mass is 284 g/mol. The first kappa shape index (κ1) is 15.8. The van der Waals surface area contributed by atoms with Gasteiger partial charge in [0, 0.05) is 19.6 Å².